The number of hydrogen-bond acceptors (Lipinski definition) is 5. The first-order chi connectivity index (χ1) is 15.2. The van der Waals surface area contributed by atoms with E-state index in [0.717, 1.165) is 11.1 Å². The number of nitrogens with zero attached hydrogens (tertiary/aromatic N) is 3. The number of nitroso groups, excluding NO2 is 1. The van der Waals surface area contributed by atoms with Gasteiger partial charge in [0.15, 0.2) is 11.4 Å². The van der Waals surface area contributed by atoms with Crippen LogP contribution in [-0.4, -0.2) is 21.8 Å². The number of amides is 1. The van der Waals surface area contributed by atoms with Crippen molar-refractivity contribution in [1.29, 1.82) is 0 Å². The van der Waals surface area contributed by atoms with E-state index in [1.54, 1.807) is 17.5 Å². The van der Waals surface area contributed by atoms with Crippen molar-refractivity contribution in [2.75, 3.05) is 6.54 Å². The van der Waals surface area contributed by atoms with E-state index >= 15 is 0 Å². The van der Waals surface area contributed by atoms with Gasteiger partial charge < -0.3 is 10.1 Å². The van der Waals surface area contributed by atoms with Crippen molar-refractivity contribution in [2.45, 2.75) is 19.6 Å². The molecule has 4 aromatic rings. The average molecular weight is 414 g/mol. The molecule has 0 aliphatic rings. The van der Waals surface area contributed by atoms with Gasteiger partial charge in [-0.2, -0.15) is 4.91 Å². The smallest absolute Gasteiger partial charge is 0.270 e. The van der Waals surface area contributed by atoms with Crippen LogP contribution >= 0.6 is 0 Å². The summed E-state index contributed by atoms with van der Waals surface area (Å²) in [5.74, 6) is 0.255. The van der Waals surface area contributed by atoms with Crippen LogP contribution in [-0.2, 0) is 6.61 Å². The van der Waals surface area contributed by atoms with E-state index in [2.05, 4.69) is 15.5 Å². The Morgan fingerprint density at radius 2 is 1.77 bits per heavy atom. The van der Waals surface area contributed by atoms with Crippen LogP contribution in [0.5, 0.6) is 5.75 Å². The van der Waals surface area contributed by atoms with Gasteiger partial charge in [-0.25, -0.2) is 4.98 Å². The number of aryl methyl sites for hydroxylation is 1. The minimum absolute atomic E-state index is 0.0586. The lowest BCUT2D eigenvalue weighted by atomic mass is 10.1. The summed E-state index contributed by atoms with van der Waals surface area (Å²) in [5.41, 5.74) is 3.38. The molecule has 0 saturated carbocycles. The van der Waals surface area contributed by atoms with E-state index < -0.39 is 6.04 Å². The largest absolute Gasteiger partial charge is 0.485 e. The number of carbonyl (C=O) groups excluding carboxylic acids is 1. The standard InChI is InChI=1S/C24H22N4O3/c1-17-22(24(29)27-20(15-25-30)19-11-6-3-7-12-19)28-14-8-13-21(23(28)26-17)31-16-18-9-4-2-5-10-18/h2-14,20H,15-16H2,1H3,(H,27,29)/t20-/m0/s1. The van der Waals surface area contributed by atoms with Crippen molar-refractivity contribution >= 4 is 11.6 Å². The third-order valence-corrected chi connectivity index (χ3v) is 5.01. The normalized spacial score (nSPS) is 11.8. The van der Waals surface area contributed by atoms with E-state index in [1.165, 1.54) is 0 Å². The number of hydrogen-bond donors (Lipinski definition) is 1. The Hall–Kier alpha value is -4.00. The monoisotopic (exact) mass is 414 g/mol. The van der Waals surface area contributed by atoms with E-state index in [-0.39, 0.29) is 12.5 Å². The fourth-order valence-corrected chi connectivity index (χ4v) is 3.50. The summed E-state index contributed by atoms with van der Waals surface area (Å²) in [7, 11) is 0. The molecule has 0 unspecified atom stereocenters. The zero-order valence-electron chi connectivity index (χ0n) is 17.1. The molecule has 0 fully saturated rings. The molecular formula is C24H22N4O3. The second-order valence-electron chi connectivity index (χ2n) is 7.13. The number of carbonyl (C=O) groups is 1. The maximum absolute atomic E-state index is 13.1. The lowest BCUT2D eigenvalue weighted by Crippen LogP contribution is -2.31. The van der Waals surface area contributed by atoms with E-state index in [4.69, 9.17) is 4.74 Å². The van der Waals surface area contributed by atoms with Gasteiger partial charge in [-0.15, -0.1) is 0 Å². The van der Waals surface area contributed by atoms with Gasteiger partial charge in [0.05, 0.1) is 11.7 Å². The first kappa shape index (κ1) is 20.3. The first-order valence-electron chi connectivity index (χ1n) is 9.96. The number of ether oxygens (including phenoxy) is 1. The van der Waals surface area contributed by atoms with E-state index in [0.29, 0.717) is 29.4 Å². The zero-order chi connectivity index (χ0) is 21.6. The lowest BCUT2D eigenvalue weighted by Gasteiger charge is -2.16. The minimum atomic E-state index is -0.520. The van der Waals surface area contributed by atoms with Gasteiger partial charge in [0.2, 0.25) is 0 Å². The summed E-state index contributed by atoms with van der Waals surface area (Å²) in [6, 6.07) is 22.3. The number of imidazole rings is 1. The summed E-state index contributed by atoms with van der Waals surface area (Å²) in [5, 5.41) is 5.90. The molecule has 1 amide bonds. The molecule has 0 aliphatic heterocycles. The highest BCUT2D eigenvalue weighted by Gasteiger charge is 2.22. The van der Waals surface area contributed by atoms with Crippen LogP contribution < -0.4 is 10.1 Å². The van der Waals surface area contributed by atoms with Gasteiger partial charge in [-0.05, 0) is 30.2 Å². The first-order valence-corrected chi connectivity index (χ1v) is 9.96. The Morgan fingerprint density at radius 3 is 2.48 bits per heavy atom. The molecule has 7 heteroatoms. The Labute approximate surface area is 179 Å². The Bertz CT molecular complexity index is 1190. The van der Waals surface area contributed by atoms with Crippen molar-refractivity contribution in [2.24, 2.45) is 5.18 Å². The molecule has 2 heterocycles. The van der Waals surface area contributed by atoms with Gasteiger partial charge in [-0.3, -0.25) is 9.20 Å². The molecule has 0 aliphatic carbocycles. The van der Waals surface area contributed by atoms with Crippen LogP contribution in [0.25, 0.3) is 5.65 Å². The quantitative estimate of drug-likeness (QED) is 0.432. The number of nitrogens with one attached hydrogen (secondary N) is 1. The summed E-state index contributed by atoms with van der Waals surface area (Å²) >= 11 is 0. The number of rotatable bonds is 8. The average Bonchev–Trinajstić information content (AvgIpc) is 3.15. The fourth-order valence-electron chi connectivity index (χ4n) is 3.50. The van der Waals surface area contributed by atoms with Gasteiger partial charge >= 0.3 is 0 Å². The highest BCUT2D eigenvalue weighted by Crippen LogP contribution is 2.24. The second kappa shape index (κ2) is 9.21. The molecular weight excluding hydrogens is 392 g/mol. The van der Waals surface area contributed by atoms with Crippen molar-refractivity contribution in [3.8, 4) is 5.75 Å². The van der Waals surface area contributed by atoms with Gasteiger partial charge in [0, 0.05) is 6.20 Å². The summed E-state index contributed by atoms with van der Waals surface area (Å²) in [6.07, 6.45) is 1.77. The molecule has 0 radical (unpaired) electrons. The maximum atomic E-state index is 13.1. The molecule has 1 N–H and O–H groups in total. The van der Waals surface area contributed by atoms with Gasteiger partial charge in [-0.1, -0.05) is 65.8 Å². The Kier molecular flexibility index (Phi) is 6.03. The third kappa shape index (κ3) is 4.45. The van der Waals surface area contributed by atoms with Gasteiger partial charge in [0.25, 0.3) is 5.91 Å². The number of pyridine rings is 1. The van der Waals surface area contributed by atoms with Crippen LogP contribution in [0, 0.1) is 11.8 Å². The third-order valence-electron chi connectivity index (χ3n) is 5.01. The topological polar surface area (TPSA) is 85.1 Å². The van der Waals surface area contributed by atoms with Gasteiger partial charge in [0.1, 0.15) is 18.8 Å². The van der Waals surface area contributed by atoms with E-state index in [9.17, 15) is 9.70 Å². The fraction of sp³-hybridized carbons (Fsp3) is 0.167. The van der Waals surface area contributed by atoms with Crippen LogP contribution in [0.15, 0.2) is 84.2 Å². The van der Waals surface area contributed by atoms with Crippen molar-refractivity contribution in [3.63, 3.8) is 0 Å². The summed E-state index contributed by atoms with van der Waals surface area (Å²) in [6.45, 7) is 2.12. The summed E-state index contributed by atoms with van der Waals surface area (Å²) < 4.78 is 7.68. The molecule has 7 nitrogen and oxygen atoms in total. The maximum Gasteiger partial charge on any atom is 0.270 e. The number of aromatic nitrogens is 2. The Balaban J connectivity index is 1.60. The van der Waals surface area contributed by atoms with E-state index in [1.807, 2.05) is 72.8 Å². The highest BCUT2D eigenvalue weighted by atomic mass is 16.5. The minimum Gasteiger partial charge on any atom is -0.485 e. The molecule has 31 heavy (non-hydrogen) atoms. The molecule has 4 rings (SSSR count). The Morgan fingerprint density at radius 1 is 1.06 bits per heavy atom. The van der Waals surface area contributed by atoms with Crippen molar-refractivity contribution in [3.05, 3.63) is 106 Å². The zero-order valence-corrected chi connectivity index (χ0v) is 17.1. The number of benzene rings is 2. The van der Waals surface area contributed by atoms with Crippen molar-refractivity contribution < 1.29 is 9.53 Å². The predicted molar refractivity (Wildman–Crippen MR) is 118 cm³/mol. The summed E-state index contributed by atoms with van der Waals surface area (Å²) in [4.78, 5) is 28.6. The van der Waals surface area contributed by atoms with Crippen LogP contribution in [0.1, 0.15) is 33.4 Å². The highest BCUT2D eigenvalue weighted by molar-refractivity contribution is 5.95. The molecule has 2 aromatic heterocycles. The second-order valence-corrected chi connectivity index (χ2v) is 7.13. The SMILES string of the molecule is Cc1nc2c(OCc3ccccc3)cccn2c1C(=O)N[C@@H](CN=O)c1ccccc1. The predicted octanol–water partition coefficient (Wildman–Crippen LogP) is 4.46. The molecule has 0 saturated heterocycles. The molecule has 156 valence electrons. The molecule has 0 bridgehead atoms. The molecule has 0 spiro atoms. The van der Waals surface area contributed by atoms with Crippen LogP contribution in [0.2, 0.25) is 0 Å². The van der Waals surface area contributed by atoms with Crippen LogP contribution in [0.4, 0.5) is 0 Å². The van der Waals surface area contributed by atoms with Crippen molar-refractivity contribution in [1.82, 2.24) is 14.7 Å². The lowest BCUT2D eigenvalue weighted by molar-refractivity contribution is 0.0931. The van der Waals surface area contributed by atoms with Crippen LogP contribution in [0.3, 0.4) is 0 Å². The molecule has 1 atom stereocenters. The molecule has 2 aromatic carbocycles. The number of fused-ring (bicyclic) bond motifs is 1.